The Labute approximate surface area is 174 Å². The van der Waals surface area contributed by atoms with Crippen molar-refractivity contribution < 1.29 is 19.3 Å². The molecule has 0 radical (unpaired) electrons. The number of hydrogen-bond donors (Lipinski definition) is 0. The van der Waals surface area contributed by atoms with E-state index in [0.29, 0.717) is 12.1 Å². The van der Waals surface area contributed by atoms with Gasteiger partial charge in [-0.15, -0.1) is 0 Å². The Bertz CT molecular complexity index is 986. The Morgan fingerprint density at radius 3 is 2.27 bits per heavy atom. The monoisotopic (exact) mass is 409 g/mol. The summed E-state index contributed by atoms with van der Waals surface area (Å²) >= 11 is 0. The van der Waals surface area contributed by atoms with Gasteiger partial charge in [-0.1, -0.05) is 25.1 Å². The number of nitrogens with zero attached hydrogens (tertiary/aromatic N) is 3. The molecule has 1 aliphatic rings. The van der Waals surface area contributed by atoms with E-state index in [0.717, 1.165) is 4.90 Å². The first-order chi connectivity index (χ1) is 14.2. The lowest BCUT2D eigenvalue weighted by atomic mass is 9.94. The number of carbonyl (C=O) groups is 3. The molecule has 3 rings (SSSR count). The van der Waals surface area contributed by atoms with Crippen LogP contribution in [-0.2, 0) is 9.59 Å². The molecule has 1 heterocycles. The van der Waals surface area contributed by atoms with Crippen molar-refractivity contribution in [2.24, 2.45) is 0 Å². The Hall–Kier alpha value is -3.55. The van der Waals surface area contributed by atoms with Crippen LogP contribution in [0.1, 0.15) is 44.0 Å². The number of para-hydroxylation sites is 1. The predicted molar refractivity (Wildman–Crippen MR) is 111 cm³/mol. The average Bonchev–Trinajstić information content (AvgIpc) is 3.02. The molecule has 156 valence electrons. The third kappa shape index (κ3) is 3.80. The van der Waals surface area contributed by atoms with Crippen LogP contribution in [0.3, 0.4) is 0 Å². The molecule has 1 unspecified atom stereocenters. The molecule has 0 aromatic heterocycles. The molecule has 2 aromatic rings. The standard InChI is InChI=1S/C22H23N3O5/c1-4-22(2,3)24(20(27)15-10-12-17(13-11-15)25(29)30)18-14-19(26)23(21(18)28)16-8-6-5-7-9-16/h5-13,18H,4,14H2,1-3H3. The lowest BCUT2D eigenvalue weighted by Crippen LogP contribution is -2.55. The number of nitro benzene ring substituents is 1. The molecular formula is C22H23N3O5. The number of anilines is 1. The summed E-state index contributed by atoms with van der Waals surface area (Å²) in [5.74, 6) is -1.27. The summed E-state index contributed by atoms with van der Waals surface area (Å²) in [4.78, 5) is 52.2. The van der Waals surface area contributed by atoms with E-state index in [4.69, 9.17) is 0 Å². The van der Waals surface area contributed by atoms with Crippen molar-refractivity contribution in [3.8, 4) is 0 Å². The van der Waals surface area contributed by atoms with Gasteiger partial charge in [0.05, 0.1) is 17.0 Å². The van der Waals surface area contributed by atoms with Crippen LogP contribution in [0.5, 0.6) is 0 Å². The smallest absolute Gasteiger partial charge is 0.269 e. The third-order valence-corrected chi connectivity index (χ3v) is 5.51. The highest BCUT2D eigenvalue weighted by atomic mass is 16.6. The molecule has 0 aliphatic carbocycles. The second kappa shape index (κ2) is 8.06. The number of benzene rings is 2. The normalized spacial score (nSPS) is 16.6. The molecule has 0 spiro atoms. The quantitative estimate of drug-likeness (QED) is 0.412. The fourth-order valence-electron chi connectivity index (χ4n) is 3.54. The van der Waals surface area contributed by atoms with Crippen molar-refractivity contribution in [2.45, 2.75) is 45.2 Å². The molecule has 1 saturated heterocycles. The highest BCUT2D eigenvalue weighted by molar-refractivity contribution is 6.23. The van der Waals surface area contributed by atoms with Gasteiger partial charge in [0.1, 0.15) is 6.04 Å². The van der Waals surface area contributed by atoms with Crippen molar-refractivity contribution in [1.82, 2.24) is 4.90 Å². The first kappa shape index (κ1) is 21.2. The lowest BCUT2D eigenvalue weighted by molar-refractivity contribution is -0.384. The maximum absolute atomic E-state index is 13.4. The number of carbonyl (C=O) groups excluding carboxylic acids is 3. The van der Waals surface area contributed by atoms with E-state index in [2.05, 4.69) is 0 Å². The van der Waals surface area contributed by atoms with Crippen LogP contribution in [0.15, 0.2) is 54.6 Å². The zero-order chi connectivity index (χ0) is 22.1. The maximum atomic E-state index is 13.4. The van der Waals surface area contributed by atoms with Gasteiger partial charge in [-0.25, -0.2) is 4.90 Å². The molecule has 0 saturated carbocycles. The third-order valence-electron chi connectivity index (χ3n) is 5.51. The number of amides is 3. The fourth-order valence-corrected chi connectivity index (χ4v) is 3.54. The first-order valence-corrected chi connectivity index (χ1v) is 9.67. The summed E-state index contributed by atoms with van der Waals surface area (Å²) in [6, 6.07) is 12.9. The largest absolute Gasteiger partial charge is 0.321 e. The van der Waals surface area contributed by atoms with Crippen LogP contribution in [-0.4, -0.2) is 39.1 Å². The Kier molecular flexibility index (Phi) is 5.69. The summed E-state index contributed by atoms with van der Waals surface area (Å²) in [7, 11) is 0. The molecule has 2 aromatic carbocycles. The molecule has 30 heavy (non-hydrogen) atoms. The molecule has 8 nitrogen and oxygen atoms in total. The Morgan fingerprint density at radius 1 is 1.13 bits per heavy atom. The highest BCUT2D eigenvalue weighted by Crippen LogP contribution is 2.32. The topological polar surface area (TPSA) is 101 Å². The van der Waals surface area contributed by atoms with Gasteiger partial charge in [0.25, 0.3) is 17.5 Å². The van der Waals surface area contributed by atoms with Gasteiger partial charge in [0.2, 0.25) is 5.91 Å². The maximum Gasteiger partial charge on any atom is 0.269 e. The number of hydrogen-bond acceptors (Lipinski definition) is 5. The van der Waals surface area contributed by atoms with Gasteiger partial charge >= 0.3 is 0 Å². The molecule has 0 bridgehead atoms. The van der Waals surface area contributed by atoms with Crippen LogP contribution in [0.2, 0.25) is 0 Å². The molecule has 8 heteroatoms. The zero-order valence-electron chi connectivity index (χ0n) is 17.1. The van der Waals surface area contributed by atoms with Gasteiger partial charge in [-0.05, 0) is 44.5 Å². The SMILES string of the molecule is CCC(C)(C)N(C(=O)c1ccc([N+](=O)[O-])cc1)C1CC(=O)N(c2ccccc2)C1=O. The van der Waals surface area contributed by atoms with E-state index in [1.165, 1.54) is 29.2 Å². The Balaban J connectivity index is 1.98. The predicted octanol–water partition coefficient (Wildman–Crippen LogP) is 3.56. The van der Waals surface area contributed by atoms with Gasteiger partial charge in [0.15, 0.2) is 0 Å². The summed E-state index contributed by atoms with van der Waals surface area (Å²) in [6.07, 6.45) is 0.435. The first-order valence-electron chi connectivity index (χ1n) is 9.67. The van der Waals surface area contributed by atoms with Gasteiger partial charge in [-0.3, -0.25) is 24.5 Å². The molecule has 1 fully saturated rings. The van der Waals surface area contributed by atoms with Crippen LogP contribution < -0.4 is 4.90 Å². The zero-order valence-corrected chi connectivity index (χ0v) is 17.1. The van der Waals surface area contributed by atoms with E-state index in [1.807, 2.05) is 20.8 Å². The van der Waals surface area contributed by atoms with E-state index in [1.54, 1.807) is 30.3 Å². The Morgan fingerprint density at radius 2 is 1.73 bits per heavy atom. The second-order valence-corrected chi connectivity index (χ2v) is 7.77. The van der Waals surface area contributed by atoms with E-state index < -0.39 is 28.3 Å². The van der Waals surface area contributed by atoms with Crippen LogP contribution in [0, 0.1) is 10.1 Å². The summed E-state index contributed by atoms with van der Waals surface area (Å²) in [5, 5.41) is 10.9. The lowest BCUT2D eigenvalue weighted by Gasteiger charge is -2.41. The van der Waals surface area contributed by atoms with Crippen molar-refractivity contribution in [3.05, 3.63) is 70.3 Å². The molecule has 3 amide bonds. The van der Waals surface area contributed by atoms with E-state index in [9.17, 15) is 24.5 Å². The van der Waals surface area contributed by atoms with Crippen LogP contribution in [0.25, 0.3) is 0 Å². The minimum Gasteiger partial charge on any atom is -0.321 e. The second-order valence-electron chi connectivity index (χ2n) is 7.77. The average molecular weight is 409 g/mol. The van der Waals surface area contributed by atoms with Gasteiger partial charge in [0, 0.05) is 23.2 Å². The van der Waals surface area contributed by atoms with Crippen molar-refractivity contribution in [2.75, 3.05) is 4.90 Å². The van der Waals surface area contributed by atoms with Gasteiger partial charge in [-0.2, -0.15) is 0 Å². The summed E-state index contributed by atoms with van der Waals surface area (Å²) in [6.45, 7) is 5.56. The minimum atomic E-state index is -0.949. The van der Waals surface area contributed by atoms with Crippen molar-refractivity contribution in [1.29, 1.82) is 0 Å². The van der Waals surface area contributed by atoms with E-state index >= 15 is 0 Å². The number of rotatable bonds is 6. The molecule has 1 atom stereocenters. The van der Waals surface area contributed by atoms with Gasteiger partial charge < -0.3 is 4.90 Å². The molecule has 0 N–H and O–H groups in total. The number of nitro groups is 1. The molecular weight excluding hydrogens is 386 g/mol. The minimum absolute atomic E-state index is 0.115. The van der Waals surface area contributed by atoms with Crippen molar-refractivity contribution in [3.63, 3.8) is 0 Å². The van der Waals surface area contributed by atoms with E-state index in [-0.39, 0.29) is 23.6 Å². The summed E-state index contributed by atoms with van der Waals surface area (Å²) < 4.78 is 0. The summed E-state index contributed by atoms with van der Waals surface area (Å²) in [5.41, 5.74) is -0.158. The number of non-ortho nitro benzene ring substituents is 1. The highest BCUT2D eigenvalue weighted by Gasteiger charge is 2.48. The number of imide groups is 1. The fraction of sp³-hybridized carbons (Fsp3) is 0.318. The van der Waals surface area contributed by atoms with Crippen molar-refractivity contribution >= 4 is 29.1 Å². The van der Waals surface area contributed by atoms with Crippen LogP contribution in [0.4, 0.5) is 11.4 Å². The van der Waals surface area contributed by atoms with Crippen LogP contribution >= 0.6 is 0 Å². The molecule has 1 aliphatic heterocycles.